The number of aromatic nitrogens is 1. The molecule has 0 bridgehead atoms. The first-order valence-corrected chi connectivity index (χ1v) is 6.26. The number of hydrogen-bond donors (Lipinski definition) is 2. The lowest BCUT2D eigenvalue weighted by Crippen LogP contribution is -1.74. The minimum atomic E-state index is 0.00206. The normalized spacial score (nSPS) is 12.0. The van der Waals surface area contributed by atoms with Crippen LogP contribution in [0.1, 0.15) is 0 Å². The number of benzene rings is 1. The van der Waals surface area contributed by atoms with Gasteiger partial charge in [-0.1, -0.05) is 18.2 Å². The molecule has 1 N–H and O–H groups in total. The van der Waals surface area contributed by atoms with Gasteiger partial charge in [-0.2, -0.15) is 0 Å². The molecule has 0 fully saturated rings. The van der Waals surface area contributed by atoms with Crippen LogP contribution in [0.4, 0.5) is 0 Å². The maximum atomic E-state index is 3.42. The van der Waals surface area contributed by atoms with Crippen LogP contribution in [0, 0.1) is 0 Å². The van der Waals surface area contributed by atoms with Gasteiger partial charge in [0.05, 0.1) is 5.03 Å². The third kappa shape index (κ3) is 1.23. The predicted octanol–water partition coefficient (Wildman–Crippen LogP) is 2.79. The van der Waals surface area contributed by atoms with Crippen molar-refractivity contribution in [3.05, 3.63) is 30.3 Å². The van der Waals surface area contributed by atoms with Crippen LogP contribution in [0.3, 0.4) is 0 Å². The topological polar surface area (TPSA) is 15.8 Å². The smallest absolute Gasteiger partial charge is 0.0528 e. The van der Waals surface area contributed by atoms with E-state index in [-0.39, 0.29) is 10.9 Å². The van der Waals surface area contributed by atoms with Gasteiger partial charge in [0, 0.05) is 10.9 Å². The summed E-state index contributed by atoms with van der Waals surface area (Å²) in [5, 5.41) is 2.70. The summed E-state index contributed by atoms with van der Waals surface area (Å²) in [6.45, 7) is 0. The van der Waals surface area contributed by atoms with Crippen LogP contribution in [0.25, 0.3) is 10.9 Å². The Morgan fingerprint density at radius 3 is 2.58 bits per heavy atom. The van der Waals surface area contributed by atoms with Crippen molar-refractivity contribution in [1.82, 2.24) is 4.98 Å². The predicted molar refractivity (Wildman–Crippen MR) is 57.4 cm³/mol. The number of aromatic amines is 1. The van der Waals surface area contributed by atoms with E-state index in [9.17, 15) is 0 Å². The van der Waals surface area contributed by atoms with Crippen molar-refractivity contribution in [2.75, 3.05) is 12.5 Å². The molecule has 1 nitrogen and oxygen atoms in total. The average molecular weight is 179 g/mol. The van der Waals surface area contributed by atoms with E-state index in [1.165, 1.54) is 15.9 Å². The largest absolute Gasteiger partial charge is 0.351 e. The minimum Gasteiger partial charge on any atom is -0.351 e. The molecule has 1 heterocycles. The first-order chi connectivity index (χ1) is 5.77. The van der Waals surface area contributed by atoms with Crippen LogP contribution in [0.5, 0.6) is 0 Å². The highest BCUT2D eigenvalue weighted by atomic mass is 32.2. The van der Waals surface area contributed by atoms with Gasteiger partial charge < -0.3 is 4.98 Å². The number of H-pyrrole nitrogens is 1. The van der Waals surface area contributed by atoms with Gasteiger partial charge in [0.1, 0.15) is 0 Å². The van der Waals surface area contributed by atoms with Crippen molar-refractivity contribution in [1.29, 1.82) is 0 Å². The van der Waals surface area contributed by atoms with E-state index in [0.29, 0.717) is 0 Å². The first kappa shape index (κ1) is 7.74. The molecular weight excluding hydrogens is 166 g/mol. The van der Waals surface area contributed by atoms with Crippen LogP contribution in [0.2, 0.25) is 0 Å². The Morgan fingerprint density at radius 1 is 1.17 bits per heavy atom. The zero-order valence-corrected chi connectivity index (χ0v) is 8.23. The van der Waals surface area contributed by atoms with Gasteiger partial charge in [-0.3, -0.25) is 0 Å². The average Bonchev–Trinajstić information content (AvgIpc) is 2.46. The summed E-state index contributed by atoms with van der Waals surface area (Å²) in [7, 11) is 0.00206. The number of rotatable bonds is 1. The van der Waals surface area contributed by atoms with Crippen molar-refractivity contribution in [2.45, 2.75) is 5.03 Å². The zero-order valence-electron chi connectivity index (χ0n) is 7.33. The molecule has 64 valence electrons. The van der Waals surface area contributed by atoms with Gasteiger partial charge in [-0.05, 0) is 24.6 Å². The Hall–Kier alpha value is -0.890. The highest BCUT2D eigenvalue weighted by molar-refractivity contribution is 8.15. The van der Waals surface area contributed by atoms with E-state index in [1.54, 1.807) is 0 Å². The molecule has 1 aromatic carbocycles. The summed E-state index contributed by atoms with van der Waals surface area (Å²) in [5.41, 5.74) is 1.25. The molecule has 0 atom stereocenters. The Morgan fingerprint density at radius 2 is 1.92 bits per heavy atom. The van der Waals surface area contributed by atoms with Gasteiger partial charge in [0.15, 0.2) is 0 Å². The monoisotopic (exact) mass is 179 g/mol. The third-order valence-corrected chi connectivity index (χ3v) is 3.20. The number of hydrogen-bond acceptors (Lipinski definition) is 0. The molecule has 0 saturated heterocycles. The molecule has 2 rings (SSSR count). The standard InChI is InChI=1S/C10H13NS/c1-12(2)10-7-8-5-3-4-6-9(8)11-10/h3-7,11-12H,1-2H3. The number of thiol groups is 1. The van der Waals surface area contributed by atoms with E-state index < -0.39 is 0 Å². The quantitative estimate of drug-likeness (QED) is 0.626. The van der Waals surface area contributed by atoms with Crippen molar-refractivity contribution in [3.8, 4) is 0 Å². The van der Waals surface area contributed by atoms with Gasteiger partial charge in [-0.15, -0.1) is 0 Å². The highest BCUT2D eigenvalue weighted by Crippen LogP contribution is 2.29. The van der Waals surface area contributed by atoms with Gasteiger partial charge in [0.25, 0.3) is 0 Å². The summed E-state index contributed by atoms with van der Waals surface area (Å²) in [4.78, 5) is 3.42. The van der Waals surface area contributed by atoms with E-state index in [0.717, 1.165) is 0 Å². The highest BCUT2D eigenvalue weighted by Gasteiger charge is 1.99. The Labute approximate surface area is 75.1 Å². The maximum absolute atomic E-state index is 3.42. The summed E-state index contributed by atoms with van der Waals surface area (Å²) < 4.78 is 0. The molecule has 2 heteroatoms. The summed E-state index contributed by atoms with van der Waals surface area (Å²) >= 11 is 0. The molecule has 0 aliphatic rings. The van der Waals surface area contributed by atoms with E-state index >= 15 is 0 Å². The van der Waals surface area contributed by atoms with Crippen LogP contribution in [-0.2, 0) is 0 Å². The van der Waals surface area contributed by atoms with Gasteiger partial charge >= 0.3 is 0 Å². The second-order valence-corrected chi connectivity index (χ2v) is 5.41. The number of nitrogens with one attached hydrogen (secondary N) is 1. The fourth-order valence-corrected chi connectivity index (χ4v) is 2.04. The molecule has 0 saturated carbocycles. The molecule has 12 heavy (non-hydrogen) atoms. The van der Waals surface area contributed by atoms with Crippen LogP contribution in [-0.4, -0.2) is 17.5 Å². The Balaban J connectivity index is 2.62. The maximum Gasteiger partial charge on any atom is 0.0528 e. The fourth-order valence-electron chi connectivity index (χ4n) is 1.30. The van der Waals surface area contributed by atoms with E-state index in [2.05, 4.69) is 47.8 Å². The van der Waals surface area contributed by atoms with Crippen molar-refractivity contribution >= 4 is 21.8 Å². The van der Waals surface area contributed by atoms with Crippen molar-refractivity contribution in [3.63, 3.8) is 0 Å². The molecule has 0 aliphatic heterocycles. The van der Waals surface area contributed by atoms with E-state index in [4.69, 9.17) is 0 Å². The number of fused-ring (bicyclic) bond motifs is 1. The summed E-state index contributed by atoms with van der Waals surface area (Å²) in [5.74, 6) is 0. The van der Waals surface area contributed by atoms with Crippen LogP contribution in [0.15, 0.2) is 35.4 Å². The molecule has 0 aliphatic carbocycles. The van der Waals surface area contributed by atoms with E-state index in [1.807, 2.05) is 0 Å². The Bertz CT molecular complexity index is 356. The molecule has 2 aromatic rings. The lowest BCUT2D eigenvalue weighted by molar-refractivity contribution is 1.24. The van der Waals surface area contributed by atoms with Gasteiger partial charge in [-0.25, -0.2) is 10.9 Å². The molecular formula is C10H13NS. The molecule has 1 aromatic heterocycles. The fraction of sp³-hybridized carbons (Fsp3) is 0.200. The second-order valence-electron chi connectivity index (χ2n) is 3.14. The lowest BCUT2D eigenvalue weighted by atomic mass is 10.3. The minimum absolute atomic E-state index is 0.00206. The summed E-state index contributed by atoms with van der Waals surface area (Å²) in [6.07, 6.45) is 4.53. The van der Waals surface area contributed by atoms with Crippen LogP contribution < -0.4 is 0 Å². The van der Waals surface area contributed by atoms with Gasteiger partial charge in [0.2, 0.25) is 0 Å². The number of para-hydroxylation sites is 1. The lowest BCUT2D eigenvalue weighted by Gasteiger charge is -2.03. The van der Waals surface area contributed by atoms with Crippen molar-refractivity contribution < 1.29 is 0 Å². The molecule has 0 unspecified atom stereocenters. The third-order valence-electron chi connectivity index (χ3n) is 2.00. The molecule has 0 amide bonds. The SMILES string of the molecule is C[SH](C)c1cc2ccccc2[nH]1. The second kappa shape index (κ2) is 2.87. The molecule has 0 spiro atoms. The van der Waals surface area contributed by atoms with Crippen LogP contribution >= 0.6 is 10.9 Å². The Kier molecular flexibility index (Phi) is 1.85. The summed E-state index contributed by atoms with van der Waals surface area (Å²) in [6, 6.07) is 10.7. The van der Waals surface area contributed by atoms with Crippen molar-refractivity contribution in [2.24, 2.45) is 0 Å². The zero-order chi connectivity index (χ0) is 8.55. The first-order valence-electron chi connectivity index (χ1n) is 4.02. The molecule has 0 radical (unpaired) electrons.